The molecule has 2 N–H and O–H groups in total. The highest BCUT2D eigenvalue weighted by atomic mass is 16.5. The van der Waals surface area contributed by atoms with Gasteiger partial charge in [0.25, 0.3) is 0 Å². The summed E-state index contributed by atoms with van der Waals surface area (Å²) in [6.45, 7) is 6.34. The first kappa shape index (κ1) is 12.9. The molecule has 3 nitrogen and oxygen atoms in total. The Labute approximate surface area is 104 Å². The minimum atomic E-state index is -0.758. The highest BCUT2D eigenvalue weighted by Gasteiger charge is 2.46. The van der Waals surface area contributed by atoms with Crippen molar-refractivity contribution in [1.29, 1.82) is 0 Å². The fourth-order valence-corrected chi connectivity index (χ4v) is 2.73. The van der Waals surface area contributed by atoms with Gasteiger partial charge in [-0.15, -0.1) is 0 Å². The van der Waals surface area contributed by atoms with Gasteiger partial charge in [-0.05, 0) is 56.8 Å². The molecule has 0 aromatic rings. The lowest BCUT2D eigenvalue weighted by Crippen LogP contribution is -2.49. The topological polar surface area (TPSA) is 52.3 Å². The highest BCUT2D eigenvalue weighted by molar-refractivity contribution is 5.81. The molecule has 98 valence electrons. The molecule has 17 heavy (non-hydrogen) atoms. The molecule has 0 amide bonds. The van der Waals surface area contributed by atoms with Gasteiger partial charge < -0.3 is 10.5 Å². The number of carbonyl (C=O) groups excluding carboxylic acids is 1. The van der Waals surface area contributed by atoms with E-state index in [2.05, 4.69) is 13.8 Å². The SMILES string of the molecule is CC1CCC(OC(=O)C(C)(N)C2CC2)CC1C. The van der Waals surface area contributed by atoms with Gasteiger partial charge in [0.1, 0.15) is 11.6 Å². The third kappa shape index (κ3) is 2.82. The fourth-order valence-electron chi connectivity index (χ4n) is 2.73. The number of hydrogen-bond acceptors (Lipinski definition) is 3. The maximum atomic E-state index is 12.1. The Morgan fingerprint density at radius 1 is 1.18 bits per heavy atom. The predicted molar refractivity (Wildman–Crippen MR) is 67.4 cm³/mol. The summed E-state index contributed by atoms with van der Waals surface area (Å²) in [5, 5.41) is 0. The van der Waals surface area contributed by atoms with Crippen molar-refractivity contribution >= 4 is 5.97 Å². The van der Waals surface area contributed by atoms with E-state index in [0.717, 1.165) is 38.0 Å². The summed E-state index contributed by atoms with van der Waals surface area (Å²) in [6.07, 6.45) is 5.38. The van der Waals surface area contributed by atoms with Crippen LogP contribution in [0.2, 0.25) is 0 Å². The quantitative estimate of drug-likeness (QED) is 0.770. The minimum Gasteiger partial charge on any atom is -0.461 e. The van der Waals surface area contributed by atoms with Crippen molar-refractivity contribution in [2.75, 3.05) is 0 Å². The van der Waals surface area contributed by atoms with Crippen LogP contribution in [-0.2, 0) is 9.53 Å². The summed E-state index contributed by atoms with van der Waals surface area (Å²) in [4.78, 5) is 12.1. The molecule has 0 aromatic heterocycles. The molecule has 2 aliphatic carbocycles. The van der Waals surface area contributed by atoms with E-state index >= 15 is 0 Å². The second-order valence-corrected chi connectivity index (χ2v) is 6.35. The first-order valence-corrected chi connectivity index (χ1v) is 6.91. The predicted octanol–water partition coefficient (Wildman–Crippen LogP) is 2.48. The monoisotopic (exact) mass is 239 g/mol. The summed E-state index contributed by atoms with van der Waals surface area (Å²) in [5.74, 6) is 1.55. The molecule has 0 aromatic carbocycles. The maximum absolute atomic E-state index is 12.1. The van der Waals surface area contributed by atoms with Gasteiger partial charge in [-0.25, -0.2) is 0 Å². The van der Waals surface area contributed by atoms with Crippen LogP contribution < -0.4 is 5.73 Å². The van der Waals surface area contributed by atoms with E-state index in [1.807, 2.05) is 6.92 Å². The number of nitrogens with two attached hydrogens (primary N) is 1. The fraction of sp³-hybridized carbons (Fsp3) is 0.929. The molecule has 4 unspecified atom stereocenters. The van der Waals surface area contributed by atoms with Gasteiger partial charge >= 0.3 is 5.97 Å². The van der Waals surface area contributed by atoms with Gasteiger partial charge in [-0.2, -0.15) is 0 Å². The van der Waals surface area contributed by atoms with Gasteiger partial charge in [0.2, 0.25) is 0 Å². The number of rotatable bonds is 3. The number of hydrogen-bond donors (Lipinski definition) is 1. The lowest BCUT2D eigenvalue weighted by Gasteiger charge is -2.33. The molecule has 0 bridgehead atoms. The summed E-state index contributed by atoms with van der Waals surface area (Å²) < 4.78 is 5.61. The van der Waals surface area contributed by atoms with Crippen LogP contribution in [0.4, 0.5) is 0 Å². The first-order chi connectivity index (χ1) is 7.91. The van der Waals surface area contributed by atoms with Gasteiger partial charge in [0, 0.05) is 0 Å². The largest absolute Gasteiger partial charge is 0.461 e. The maximum Gasteiger partial charge on any atom is 0.326 e. The molecule has 0 radical (unpaired) electrons. The average molecular weight is 239 g/mol. The van der Waals surface area contributed by atoms with Crippen LogP contribution in [0, 0.1) is 17.8 Å². The minimum absolute atomic E-state index is 0.0929. The molecular weight excluding hydrogens is 214 g/mol. The number of ether oxygens (including phenoxy) is 1. The van der Waals surface area contributed by atoms with Gasteiger partial charge in [0.15, 0.2) is 0 Å². The molecule has 2 saturated carbocycles. The van der Waals surface area contributed by atoms with E-state index in [4.69, 9.17) is 10.5 Å². The lowest BCUT2D eigenvalue weighted by atomic mass is 9.80. The molecule has 0 aliphatic heterocycles. The zero-order valence-electron chi connectivity index (χ0n) is 11.2. The zero-order chi connectivity index (χ0) is 12.6. The van der Waals surface area contributed by atoms with Crippen molar-refractivity contribution in [2.45, 2.75) is 64.5 Å². The Morgan fingerprint density at radius 3 is 2.35 bits per heavy atom. The van der Waals surface area contributed by atoms with Gasteiger partial charge in [-0.3, -0.25) is 4.79 Å². The van der Waals surface area contributed by atoms with Crippen molar-refractivity contribution in [3.05, 3.63) is 0 Å². The van der Waals surface area contributed by atoms with E-state index in [9.17, 15) is 4.79 Å². The molecule has 3 heteroatoms. The Morgan fingerprint density at radius 2 is 1.82 bits per heavy atom. The first-order valence-electron chi connectivity index (χ1n) is 6.91. The molecule has 2 aliphatic rings. The number of carbonyl (C=O) groups is 1. The van der Waals surface area contributed by atoms with E-state index in [1.165, 1.54) is 0 Å². The Balaban J connectivity index is 1.86. The Kier molecular flexibility index (Phi) is 3.48. The smallest absolute Gasteiger partial charge is 0.326 e. The Bertz CT molecular complexity index is 297. The zero-order valence-corrected chi connectivity index (χ0v) is 11.2. The molecule has 2 rings (SSSR count). The normalized spacial score (nSPS) is 37.3. The van der Waals surface area contributed by atoms with Crippen LogP contribution in [0.15, 0.2) is 0 Å². The van der Waals surface area contributed by atoms with E-state index < -0.39 is 5.54 Å². The second kappa shape index (κ2) is 4.60. The molecule has 2 fully saturated rings. The molecule has 0 saturated heterocycles. The van der Waals surface area contributed by atoms with Crippen LogP contribution >= 0.6 is 0 Å². The second-order valence-electron chi connectivity index (χ2n) is 6.35. The summed E-state index contributed by atoms with van der Waals surface area (Å²) in [6, 6.07) is 0. The third-order valence-electron chi connectivity index (χ3n) is 4.69. The van der Waals surface area contributed by atoms with Crippen molar-refractivity contribution in [2.24, 2.45) is 23.5 Å². The van der Waals surface area contributed by atoms with E-state index in [1.54, 1.807) is 0 Å². The lowest BCUT2D eigenvalue weighted by molar-refractivity contribution is -0.158. The molecule has 0 heterocycles. The van der Waals surface area contributed by atoms with Crippen LogP contribution in [-0.4, -0.2) is 17.6 Å². The summed E-state index contributed by atoms with van der Waals surface area (Å²) >= 11 is 0. The standard InChI is InChI=1S/C14H25NO2/c1-9-4-7-12(8-10(9)2)17-13(16)14(3,15)11-5-6-11/h9-12H,4-8,15H2,1-3H3. The van der Waals surface area contributed by atoms with Crippen LogP contribution in [0.3, 0.4) is 0 Å². The molecule has 4 atom stereocenters. The van der Waals surface area contributed by atoms with Crippen molar-refractivity contribution in [3.8, 4) is 0 Å². The van der Waals surface area contributed by atoms with Crippen molar-refractivity contribution < 1.29 is 9.53 Å². The van der Waals surface area contributed by atoms with E-state index in [-0.39, 0.29) is 12.1 Å². The van der Waals surface area contributed by atoms with E-state index in [0.29, 0.717) is 11.8 Å². The number of esters is 1. The summed E-state index contributed by atoms with van der Waals surface area (Å²) in [7, 11) is 0. The van der Waals surface area contributed by atoms with Crippen molar-refractivity contribution in [1.82, 2.24) is 0 Å². The average Bonchev–Trinajstić information content (AvgIpc) is 3.07. The van der Waals surface area contributed by atoms with Crippen LogP contribution in [0.25, 0.3) is 0 Å². The van der Waals surface area contributed by atoms with Crippen LogP contribution in [0.1, 0.15) is 52.9 Å². The highest BCUT2D eigenvalue weighted by Crippen LogP contribution is 2.39. The molecular formula is C14H25NO2. The third-order valence-corrected chi connectivity index (χ3v) is 4.69. The van der Waals surface area contributed by atoms with Gasteiger partial charge in [-0.1, -0.05) is 13.8 Å². The molecule has 0 spiro atoms. The Hall–Kier alpha value is -0.570. The van der Waals surface area contributed by atoms with Crippen molar-refractivity contribution in [3.63, 3.8) is 0 Å². The summed E-state index contributed by atoms with van der Waals surface area (Å²) in [5.41, 5.74) is 5.31. The van der Waals surface area contributed by atoms with Crippen LogP contribution in [0.5, 0.6) is 0 Å². The van der Waals surface area contributed by atoms with Gasteiger partial charge in [0.05, 0.1) is 0 Å².